The van der Waals surface area contributed by atoms with Crippen molar-refractivity contribution < 1.29 is 19.1 Å². The first-order valence-corrected chi connectivity index (χ1v) is 10.1. The molecule has 2 aromatic rings. The first kappa shape index (κ1) is 21.7. The number of carbonyl (C=O) groups excluding carboxylic acids is 2. The van der Waals surface area contributed by atoms with Gasteiger partial charge >= 0.3 is 12.0 Å². The lowest BCUT2D eigenvalue weighted by Crippen LogP contribution is -2.52. The molecule has 0 radical (unpaired) electrons. The van der Waals surface area contributed by atoms with Crippen molar-refractivity contribution in [3.8, 4) is 5.75 Å². The van der Waals surface area contributed by atoms with E-state index in [4.69, 9.17) is 21.1 Å². The van der Waals surface area contributed by atoms with Crippen LogP contribution in [0.15, 0.2) is 36.5 Å². The third kappa shape index (κ3) is 5.33. The van der Waals surface area contributed by atoms with Gasteiger partial charge in [-0.3, -0.25) is 0 Å². The molecule has 0 aliphatic carbocycles. The number of esters is 1. The van der Waals surface area contributed by atoms with Gasteiger partial charge in [0.2, 0.25) is 0 Å². The molecule has 2 heterocycles. The highest BCUT2D eigenvalue weighted by molar-refractivity contribution is 6.33. The Labute approximate surface area is 180 Å². The van der Waals surface area contributed by atoms with Crippen LogP contribution in [-0.2, 0) is 11.3 Å². The van der Waals surface area contributed by atoms with Crippen molar-refractivity contribution in [2.24, 2.45) is 0 Å². The smallest absolute Gasteiger partial charge is 0.339 e. The molecule has 0 bridgehead atoms. The Morgan fingerprint density at radius 2 is 1.87 bits per heavy atom. The Balaban J connectivity index is 1.51. The second-order valence-electron chi connectivity index (χ2n) is 6.73. The summed E-state index contributed by atoms with van der Waals surface area (Å²) in [6, 6.07) is 9.03. The fourth-order valence-corrected chi connectivity index (χ4v) is 3.43. The van der Waals surface area contributed by atoms with Crippen LogP contribution in [0, 0.1) is 0 Å². The number of hydrogen-bond donors (Lipinski definition) is 1. The number of hydrogen-bond acceptors (Lipinski definition) is 6. The molecule has 1 aliphatic heterocycles. The van der Waals surface area contributed by atoms with Gasteiger partial charge in [-0.05, 0) is 30.7 Å². The van der Waals surface area contributed by atoms with E-state index in [1.165, 1.54) is 6.20 Å². The predicted octanol–water partition coefficient (Wildman–Crippen LogP) is 2.95. The van der Waals surface area contributed by atoms with Crippen molar-refractivity contribution in [1.82, 2.24) is 15.2 Å². The average Bonchev–Trinajstić information content (AvgIpc) is 2.78. The Hall–Kier alpha value is -3.00. The number of nitrogens with one attached hydrogen (secondary N) is 1. The monoisotopic (exact) mass is 432 g/mol. The highest BCUT2D eigenvalue weighted by atomic mass is 35.5. The Morgan fingerprint density at radius 3 is 2.47 bits per heavy atom. The molecule has 30 heavy (non-hydrogen) atoms. The van der Waals surface area contributed by atoms with Crippen LogP contribution in [-0.4, -0.2) is 61.8 Å². The zero-order valence-corrected chi connectivity index (χ0v) is 17.8. The van der Waals surface area contributed by atoms with Crippen LogP contribution in [0.5, 0.6) is 5.75 Å². The first-order chi connectivity index (χ1) is 14.5. The molecule has 1 saturated heterocycles. The van der Waals surface area contributed by atoms with Gasteiger partial charge in [-0.25, -0.2) is 14.6 Å². The van der Waals surface area contributed by atoms with Gasteiger partial charge in [-0.1, -0.05) is 23.7 Å². The Bertz CT molecular complexity index is 883. The molecule has 1 N–H and O–H groups in total. The van der Waals surface area contributed by atoms with E-state index in [0.717, 1.165) is 11.3 Å². The van der Waals surface area contributed by atoms with E-state index in [0.29, 0.717) is 55.7 Å². The third-order valence-corrected chi connectivity index (χ3v) is 5.08. The molecule has 1 aromatic carbocycles. The topological polar surface area (TPSA) is 84.0 Å². The molecule has 1 aliphatic rings. The molecular formula is C21H25ClN4O4. The lowest BCUT2D eigenvalue weighted by Gasteiger charge is -2.35. The summed E-state index contributed by atoms with van der Waals surface area (Å²) in [4.78, 5) is 32.4. The molecular weight excluding hydrogens is 408 g/mol. The highest BCUT2D eigenvalue weighted by Crippen LogP contribution is 2.25. The molecule has 1 aromatic heterocycles. The number of anilines is 1. The van der Waals surface area contributed by atoms with E-state index in [-0.39, 0.29) is 6.03 Å². The van der Waals surface area contributed by atoms with E-state index >= 15 is 0 Å². The van der Waals surface area contributed by atoms with Crippen molar-refractivity contribution in [1.29, 1.82) is 0 Å². The van der Waals surface area contributed by atoms with Gasteiger partial charge in [0.1, 0.15) is 11.6 Å². The maximum Gasteiger partial charge on any atom is 0.339 e. The summed E-state index contributed by atoms with van der Waals surface area (Å²) in [7, 11) is 1.62. The summed E-state index contributed by atoms with van der Waals surface area (Å²) >= 11 is 6.33. The summed E-state index contributed by atoms with van der Waals surface area (Å²) in [6.45, 7) is 4.78. The molecule has 3 rings (SSSR count). The molecule has 0 unspecified atom stereocenters. The molecule has 9 heteroatoms. The van der Waals surface area contributed by atoms with Gasteiger partial charge in [0.15, 0.2) is 0 Å². The average molecular weight is 433 g/mol. The minimum atomic E-state index is -0.447. The molecule has 1 fully saturated rings. The van der Waals surface area contributed by atoms with Gasteiger partial charge in [-0.15, -0.1) is 0 Å². The van der Waals surface area contributed by atoms with E-state index in [1.54, 1.807) is 25.0 Å². The summed E-state index contributed by atoms with van der Waals surface area (Å²) in [5.41, 5.74) is 1.32. The summed E-state index contributed by atoms with van der Waals surface area (Å²) < 4.78 is 10.1. The van der Waals surface area contributed by atoms with Crippen LogP contribution in [0.2, 0.25) is 5.02 Å². The number of halogens is 1. The van der Waals surface area contributed by atoms with Crippen molar-refractivity contribution in [2.75, 3.05) is 44.8 Å². The SMILES string of the molecule is CCOC(=O)c1cnc(N2CCN(C(=O)NCc3ccc(OC)cc3)CC2)c(Cl)c1. The Kier molecular flexibility index (Phi) is 7.35. The second-order valence-corrected chi connectivity index (χ2v) is 7.14. The van der Waals surface area contributed by atoms with Crippen molar-refractivity contribution in [2.45, 2.75) is 13.5 Å². The van der Waals surface area contributed by atoms with Gasteiger partial charge in [0, 0.05) is 38.9 Å². The number of aromatic nitrogens is 1. The Morgan fingerprint density at radius 1 is 1.17 bits per heavy atom. The first-order valence-electron chi connectivity index (χ1n) is 9.75. The predicted molar refractivity (Wildman–Crippen MR) is 114 cm³/mol. The molecule has 160 valence electrons. The maximum atomic E-state index is 12.5. The standard InChI is InChI=1S/C21H25ClN4O4/c1-3-30-20(27)16-12-18(22)19(23-14-16)25-8-10-26(11-9-25)21(28)24-13-15-4-6-17(29-2)7-5-15/h4-7,12,14H,3,8-11,13H2,1-2H3,(H,24,28). The van der Waals surface area contributed by atoms with Gasteiger partial charge in [0.25, 0.3) is 0 Å². The number of methoxy groups -OCH3 is 1. The van der Waals surface area contributed by atoms with Crippen LogP contribution in [0.4, 0.5) is 10.6 Å². The fraction of sp³-hybridized carbons (Fsp3) is 0.381. The van der Waals surface area contributed by atoms with Crippen molar-refractivity contribution in [3.05, 3.63) is 52.7 Å². The number of ether oxygens (including phenoxy) is 2. The van der Waals surface area contributed by atoms with E-state index in [9.17, 15) is 9.59 Å². The maximum absolute atomic E-state index is 12.5. The number of pyridine rings is 1. The summed E-state index contributed by atoms with van der Waals surface area (Å²) in [5, 5.41) is 3.33. The lowest BCUT2D eigenvalue weighted by molar-refractivity contribution is 0.0526. The van der Waals surface area contributed by atoms with Crippen LogP contribution in [0.1, 0.15) is 22.8 Å². The van der Waals surface area contributed by atoms with Crippen LogP contribution < -0.4 is 15.0 Å². The van der Waals surface area contributed by atoms with E-state index in [1.807, 2.05) is 29.2 Å². The molecule has 0 spiro atoms. The van der Waals surface area contributed by atoms with E-state index in [2.05, 4.69) is 10.3 Å². The third-order valence-electron chi connectivity index (χ3n) is 4.80. The fourth-order valence-electron chi connectivity index (χ4n) is 3.14. The van der Waals surface area contributed by atoms with Crippen LogP contribution in [0.3, 0.4) is 0 Å². The van der Waals surface area contributed by atoms with E-state index < -0.39 is 5.97 Å². The molecule has 0 atom stereocenters. The summed E-state index contributed by atoms with van der Waals surface area (Å²) in [6.07, 6.45) is 1.47. The molecule has 8 nitrogen and oxygen atoms in total. The zero-order valence-electron chi connectivity index (χ0n) is 17.1. The van der Waals surface area contributed by atoms with Crippen molar-refractivity contribution in [3.63, 3.8) is 0 Å². The van der Waals surface area contributed by atoms with Gasteiger partial charge in [-0.2, -0.15) is 0 Å². The molecule has 2 amide bonds. The summed E-state index contributed by atoms with van der Waals surface area (Å²) in [5.74, 6) is 0.934. The minimum absolute atomic E-state index is 0.109. The number of nitrogens with zero attached hydrogens (tertiary/aromatic N) is 3. The van der Waals surface area contributed by atoms with Crippen LogP contribution in [0.25, 0.3) is 0 Å². The van der Waals surface area contributed by atoms with Gasteiger partial charge < -0.3 is 24.6 Å². The van der Waals surface area contributed by atoms with Crippen LogP contribution >= 0.6 is 11.6 Å². The minimum Gasteiger partial charge on any atom is -0.497 e. The highest BCUT2D eigenvalue weighted by Gasteiger charge is 2.23. The van der Waals surface area contributed by atoms with Crippen molar-refractivity contribution >= 4 is 29.4 Å². The lowest BCUT2D eigenvalue weighted by atomic mass is 10.2. The van der Waals surface area contributed by atoms with Gasteiger partial charge in [0.05, 0.1) is 24.3 Å². The largest absolute Gasteiger partial charge is 0.497 e. The zero-order chi connectivity index (χ0) is 21.5. The number of carbonyl (C=O) groups is 2. The number of amides is 2. The number of piperazine rings is 1. The number of urea groups is 1. The quantitative estimate of drug-likeness (QED) is 0.706. The second kappa shape index (κ2) is 10.2. The number of benzene rings is 1. The molecule has 0 saturated carbocycles. The number of rotatable bonds is 6. The normalized spacial score (nSPS) is 13.7.